The SMILES string of the molecule is Cc1c(-c2ccc(C3CCCC3)cc2)nc2ccccc2c1C(=O)O. The van der Waals surface area contributed by atoms with Crippen molar-refractivity contribution in [1.82, 2.24) is 4.98 Å². The number of hydrogen-bond acceptors (Lipinski definition) is 2. The first-order valence-corrected chi connectivity index (χ1v) is 8.88. The molecule has 1 fully saturated rings. The molecule has 1 aliphatic rings. The zero-order valence-corrected chi connectivity index (χ0v) is 14.3. The smallest absolute Gasteiger partial charge is 0.336 e. The first kappa shape index (κ1) is 15.8. The number of rotatable bonds is 3. The Morgan fingerprint density at radius 3 is 2.40 bits per heavy atom. The highest BCUT2D eigenvalue weighted by atomic mass is 16.4. The van der Waals surface area contributed by atoms with Crippen molar-refractivity contribution in [2.24, 2.45) is 0 Å². The van der Waals surface area contributed by atoms with Crippen molar-refractivity contribution in [2.75, 3.05) is 0 Å². The van der Waals surface area contributed by atoms with Crippen LogP contribution in [0.4, 0.5) is 0 Å². The molecule has 1 N–H and O–H groups in total. The normalized spacial score (nSPS) is 14.9. The van der Waals surface area contributed by atoms with Crippen molar-refractivity contribution in [3.05, 3.63) is 65.2 Å². The van der Waals surface area contributed by atoms with E-state index in [1.165, 1.54) is 31.2 Å². The average Bonchev–Trinajstić information content (AvgIpc) is 3.15. The van der Waals surface area contributed by atoms with E-state index in [0.717, 1.165) is 22.3 Å². The molecule has 0 radical (unpaired) electrons. The van der Waals surface area contributed by atoms with Gasteiger partial charge < -0.3 is 5.11 Å². The summed E-state index contributed by atoms with van der Waals surface area (Å²) in [6.07, 6.45) is 5.19. The highest BCUT2D eigenvalue weighted by Crippen LogP contribution is 2.35. The number of nitrogens with zero attached hydrogens (tertiary/aromatic N) is 1. The quantitative estimate of drug-likeness (QED) is 0.683. The Kier molecular flexibility index (Phi) is 4.00. The summed E-state index contributed by atoms with van der Waals surface area (Å²) in [5, 5.41) is 10.4. The Morgan fingerprint density at radius 2 is 1.72 bits per heavy atom. The summed E-state index contributed by atoms with van der Waals surface area (Å²) in [6.45, 7) is 1.85. The topological polar surface area (TPSA) is 50.2 Å². The largest absolute Gasteiger partial charge is 0.478 e. The Balaban J connectivity index is 1.83. The second-order valence-electron chi connectivity index (χ2n) is 6.89. The van der Waals surface area contributed by atoms with Crippen molar-refractivity contribution >= 4 is 16.9 Å². The van der Waals surface area contributed by atoms with Gasteiger partial charge in [0.15, 0.2) is 0 Å². The van der Waals surface area contributed by atoms with E-state index >= 15 is 0 Å². The molecule has 0 atom stereocenters. The fourth-order valence-corrected chi connectivity index (χ4v) is 4.04. The van der Waals surface area contributed by atoms with Crippen LogP contribution in [0.1, 0.15) is 53.1 Å². The number of carbonyl (C=O) groups is 1. The summed E-state index contributed by atoms with van der Waals surface area (Å²) in [4.78, 5) is 16.6. The van der Waals surface area contributed by atoms with Crippen LogP contribution in [0.2, 0.25) is 0 Å². The molecule has 126 valence electrons. The third-order valence-electron chi connectivity index (χ3n) is 5.36. The Morgan fingerprint density at radius 1 is 1.04 bits per heavy atom. The number of aromatic carboxylic acids is 1. The highest BCUT2D eigenvalue weighted by Gasteiger charge is 2.19. The lowest BCUT2D eigenvalue weighted by Crippen LogP contribution is -2.05. The maximum Gasteiger partial charge on any atom is 0.336 e. The van der Waals surface area contributed by atoms with Crippen LogP contribution in [0.25, 0.3) is 22.2 Å². The number of para-hydroxylation sites is 1. The van der Waals surface area contributed by atoms with Gasteiger partial charge in [-0.1, -0.05) is 55.3 Å². The zero-order valence-electron chi connectivity index (χ0n) is 14.3. The number of hydrogen-bond donors (Lipinski definition) is 1. The molecule has 1 aliphatic carbocycles. The number of carboxylic acids is 1. The van der Waals surface area contributed by atoms with Gasteiger partial charge in [0.05, 0.1) is 16.8 Å². The van der Waals surface area contributed by atoms with Gasteiger partial charge >= 0.3 is 5.97 Å². The fourth-order valence-electron chi connectivity index (χ4n) is 4.04. The van der Waals surface area contributed by atoms with Gasteiger partial charge in [-0.2, -0.15) is 0 Å². The van der Waals surface area contributed by atoms with Crippen LogP contribution in [0, 0.1) is 6.92 Å². The highest BCUT2D eigenvalue weighted by molar-refractivity contribution is 6.05. The molecule has 1 heterocycles. The molecule has 0 aliphatic heterocycles. The maximum absolute atomic E-state index is 11.8. The minimum Gasteiger partial charge on any atom is -0.478 e. The van der Waals surface area contributed by atoms with Gasteiger partial charge in [-0.15, -0.1) is 0 Å². The summed E-state index contributed by atoms with van der Waals surface area (Å²) in [7, 11) is 0. The monoisotopic (exact) mass is 331 g/mol. The minimum atomic E-state index is -0.903. The summed E-state index contributed by atoms with van der Waals surface area (Å²) >= 11 is 0. The molecule has 0 unspecified atom stereocenters. The van der Waals surface area contributed by atoms with E-state index in [4.69, 9.17) is 4.98 Å². The molecule has 3 heteroatoms. The average molecular weight is 331 g/mol. The van der Waals surface area contributed by atoms with Gasteiger partial charge in [0.1, 0.15) is 0 Å². The van der Waals surface area contributed by atoms with Crippen LogP contribution in [0.5, 0.6) is 0 Å². The molecule has 25 heavy (non-hydrogen) atoms. The van der Waals surface area contributed by atoms with Gasteiger partial charge in [-0.05, 0) is 42.9 Å². The van der Waals surface area contributed by atoms with Crippen molar-refractivity contribution in [2.45, 2.75) is 38.5 Å². The molecule has 3 nitrogen and oxygen atoms in total. The Bertz CT molecular complexity index is 938. The van der Waals surface area contributed by atoms with Crippen LogP contribution in [-0.2, 0) is 0 Å². The number of pyridine rings is 1. The van der Waals surface area contributed by atoms with E-state index < -0.39 is 5.97 Å². The summed E-state index contributed by atoms with van der Waals surface area (Å²) in [5.41, 5.74) is 4.92. The second kappa shape index (κ2) is 6.32. The van der Waals surface area contributed by atoms with Crippen LogP contribution in [-0.4, -0.2) is 16.1 Å². The third-order valence-corrected chi connectivity index (χ3v) is 5.36. The van der Waals surface area contributed by atoms with E-state index in [9.17, 15) is 9.90 Å². The molecule has 4 rings (SSSR count). The predicted octanol–water partition coefficient (Wildman–Crippen LogP) is 5.57. The summed E-state index contributed by atoms with van der Waals surface area (Å²) in [5.74, 6) is -0.228. The molecular formula is C22H21NO2. The molecule has 2 aromatic carbocycles. The van der Waals surface area contributed by atoms with Crippen LogP contribution >= 0.6 is 0 Å². The van der Waals surface area contributed by atoms with E-state index in [0.29, 0.717) is 16.9 Å². The van der Waals surface area contributed by atoms with E-state index in [1.807, 2.05) is 31.2 Å². The molecule has 1 aromatic heterocycles. The number of benzene rings is 2. The van der Waals surface area contributed by atoms with Crippen molar-refractivity contribution in [3.8, 4) is 11.3 Å². The number of fused-ring (bicyclic) bond motifs is 1. The van der Waals surface area contributed by atoms with Crippen LogP contribution in [0.3, 0.4) is 0 Å². The first-order chi connectivity index (χ1) is 12.1. The lowest BCUT2D eigenvalue weighted by atomic mass is 9.94. The zero-order chi connectivity index (χ0) is 17.4. The van der Waals surface area contributed by atoms with Crippen molar-refractivity contribution in [1.29, 1.82) is 0 Å². The van der Waals surface area contributed by atoms with E-state index in [-0.39, 0.29) is 0 Å². The lowest BCUT2D eigenvalue weighted by Gasteiger charge is -2.14. The predicted molar refractivity (Wildman–Crippen MR) is 100 cm³/mol. The number of carboxylic acid groups (broad SMARTS) is 1. The maximum atomic E-state index is 11.8. The standard InChI is InChI=1S/C22H21NO2/c1-14-20(22(24)25)18-8-4-5-9-19(18)23-21(14)17-12-10-16(11-13-17)15-6-2-3-7-15/h4-5,8-13,15H,2-3,6-7H2,1H3,(H,24,25). The summed E-state index contributed by atoms with van der Waals surface area (Å²) in [6, 6.07) is 16.0. The van der Waals surface area contributed by atoms with Gasteiger partial charge in [0, 0.05) is 10.9 Å². The molecule has 0 bridgehead atoms. The van der Waals surface area contributed by atoms with Gasteiger partial charge in [0.2, 0.25) is 0 Å². The van der Waals surface area contributed by atoms with Gasteiger partial charge in [-0.25, -0.2) is 9.78 Å². The van der Waals surface area contributed by atoms with Crippen molar-refractivity contribution < 1.29 is 9.90 Å². The van der Waals surface area contributed by atoms with E-state index in [1.54, 1.807) is 0 Å². The number of aromatic nitrogens is 1. The molecule has 1 saturated carbocycles. The van der Waals surface area contributed by atoms with Gasteiger partial charge in [0.25, 0.3) is 0 Å². The molecule has 0 spiro atoms. The summed E-state index contributed by atoms with van der Waals surface area (Å²) < 4.78 is 0. The Hall–Kier alpha value is -2.68. The minimum absolute atomic E-state index is 0.348. The fraction of sp³-hybridized carbons (Fsp3) is 0.273. The van der Waals surface area contributed by atoms with E-state index in [2.05, 4.69) is 24.3 Å². The molecule has 3 aromatic rings. The van der Waals surface area contributed by atoms with Crippen molar-refractivity contribution in [3.63, 3.8) is 0 Å². The van der Waals surface area contributed by atoms with Gasteiger partial charge in [-0.3, -0.25) is 0 Å². The molecule has 0 amide bonds. The second-order valence-corrected chi connectivity index (χ2v) is 6.89. The van der Waals surface area contributed by atoms with Crippen LogP contribution < -0.4 is 0 Å². The molecule has 0 saturated heterocycles. The first-order valence-electron chi connectivity index (χ1n) is 8.88. The third kappa shape index (κ3) is 2.80. The molecular weight excluding hydrogens is 310 g/mol. The Labute approximate surface area is 147 Å². The van der Waals surface area contributed by atoms with Crippen LogP contribution in [0.15, 0.2) is 48.5 Å². The lowest BCUT2D eigenvalue weighted by molar-refractivity contribution is 0.0698.